The summed E-state index contributed by atoms with van der Waals surface area (Å²) in [6, 6.07) is 7.16. The molecule has 0 aliphatic rings. The van der Waals surface area contributed by atoms with Crippen LogP contribution in [0.1, 0.15) is 27.4 Å². The van der Waals surface area contributed by atoms with Crippen molar-refractivity contribution in [2.45, 2.75) is 20.4 Å². The van der Waals surface area contributed by atoms with Crippen molar-refractivity contribution in [3.8, 4) is 0 Å². The highest BCUT2D eigenvalue weighted by Gasteiger charge is 2.09. The second kappa shape index (κ2) is 6.90. The van der Waals surface area contributed by atoms with Crippen molar-refractivity contribution in [2.75, 3.05) is 18.5 Å². The summed E-state index contributed by atoms with van der Waals surface area (Å²) in [4.78, 5) is 11.7. The number of anilines is 1. The standard InChI is InChI=1S/C15H19N3O3/c1-10-14(11(2)21-18-10)9-17-13-5-3-12(4-6-13)15(20)16-7-8-19/h3-6,17,19H,7-9H2,1-2H3,(H,16,20). The van der Waals surface area contributed by atoms with E-state index in [4.69, 9.17) is 9.63 Å². The van der Waals surface area contributed by atoms with Crippen LogP contribution in [-0.2, 0) is 6.54 Å². The minimum absolute atomic E-state index is 0.0666. The van der Waals surface area contributed by atoms with E-state index in [9.17, 15) is 4.79 Å². The summed E-state index contributed by atoms with van der Waals surface area (Å²) in [6.07, 6.45) is 0. The number of carbonyl (C=O) groups is 1. The van der Waals surface area contributed by atoms with E-state index < -0.39 is 0 Å². The molecular weight excluding hydrogens is 270 g/mol. The molecule has 0 unspecified atom stereocenters. The molecule has 0 radical (unpaired) electrons. The number of nitrogens with one attached hydrogen (secondary N) is 2. The summed E-state index contributed by atoms with van der Waals surface area (Å²) in [5, 5.41) is 18.5. The number of carbonyl (C=O) groups excluding carboxylic acids is 1. The third-order valence-electron chi connectivity index (χ3n) is 3.19. The number of rotatable bonds is 6. The summed E-state index contributed by atoms with van der Waals surface area (Å²) < 4.78 is 5.11. The van der Waals surface area contributed by atoms with Crippen molar-refractivity contribution < 1.29 is 14.4 Å². The summed E-state index contributed by atoms with van der Waals surface area (Å²) in [5.74, 6) is 0.612. The van der Waals surface area contributed by atoms with Crippen LogP contribution < -0.4 is 10.6 Å². The first-order valence-corrected chi connectivity index (χ1v) is 6.76. The maximum absolute atomic E-state index is 11.7. The molecule has 2 aromatic rings. The quantitative estimate of drug-likeness (QED) is 0.752. The molecule has 1 amide bonds. The molecule has 6 heteroatoms. The van der Waals surface area contributed by atoms with Crippen molar-refractivity contribution >= 4 is 11.6 Å². The lowest BCUT2D eigenvalue weighted by atomic mass is 10.1. The molecule has 112 valence electrons. The third-order valence-corrected chi connectivity index (χ3v) is 3.19. The Morgan fingerprint density at radius 2 is 2.00 bits per heavy atom. The number of benzene rings is 1. The second-order valence-electron chi connectivity index (χ2n) is 4.71. The number of hydrogen-bond donors (Lipinski definition) is 3. The highest BCUT2D eigenvalue weighted by Crippen LogP contribution is 2.15. The van der Waals surface area contributed by atoms with Crippen LogP contribution in [-0.4, -0.2) is 29.3 Å². The highest BCUT2D eigenvalue weighted by atomic mass is 16.5. The Labute approximate surface area is 123 Å². The van der Waals surface area contributed by atoms with Crippen molar-refractivity contribution in [2.24, 2.45) is 0 Å². The monoisotopic (exact) mass is 289 g/mol. The van der Waals surface area contributed by atoms with Gasteiger partial charge in [-0.1, -0.05) is 5.16 Å². The molecule has 1 heterocycles. The average molecular weight is 289 g/mol. The summed E-state index contributed by atoms with van der Waals surface area (Å²) >= 11 is 0. The van der Waals surface area contributed by atoms with Crippen LogP contribution >= 0.6 is 0 Å². The van der Waals surface area contributed by atoms with Gasteiger partial charge in [0.1, 0.15) is 5.76 Å². The number of nitrogens with zero attached hydrogens (tertiary/aromatic N) is 1. The first-order chi connectivity index (χ1) is 10.1. The largest absolute Gasteiger partial charge is 0.395 e. The van der Waals surface area contributed by atoms with Gasteiger partial charge in [-0.05, 0) is 38.1 Å². The molecule has 0 spiro atoms. The first kappa shape index (κ1) is 15.1. The van der Waals surface area contributed by atoms with Gasteiger partial charge in [0, 0.05) is 29.9 Å². The Balaban J connectivity index is 1.95. The molecule has 0 saturated carbocycles. The van der Waals surface area contributed by atoms with Crippen molar-refractivity contribution in [3.05, 3.63) is 46.8 Å². The smallest absolute Gasteiger partial charge is 0.251 e. The lowest BCUT2D eigenvalue weighted by Gasteiger charge is -2.07. The van der Waals surface area contributed by atoms with Crippen molar-refractivity contribution in [1.29, 1.82) is 0 Å². The van der Waals surface area contributed by atoms with Crippen LogP contribution in [0.15, 0.2) is 28.8 Å². The molecule has 3 N–H and O–H groups in total. The van der Waals surface area contributed by atoms with E-state index in [0.717, 1.165) is 22.7 Å². The summed E-state index contributed by atoms with van der Waals surface area (Å²) in [6.45, 7) is 4.60. The zero-order valence-corrected chi connectivity index (χ0v) is 12.1. The van der Waals surface area contributed by atoms with E-state index in [2.05, 4.69) is 15.8 Å². The van der Waals surface area contributed by atoms with Crippen LogP contribution in [0.2, 0.25) is 0 Å². The maximum Gasteiger partial charge on any atom is 0.251 e. The topological polar surface area (TPSA) is 87.4 Å². The molecular formula is C15H19N3O3. The molecule has 0 aliphatic carbocycles. The number of aliphatic hydroxyl groups excluding tert-OH is 1. The van der Waals surface area contributed by atoms with Gasteiger partial charge in [0.05, 0.1) is 12.3 Å². The van der Waals surface area contributed by atoms with Crippen molar-refractivity contribution in [1.82, 2.24) is 10.5 Å². The highest BCUT2D eigenvalue weighted by molar-refractivity contribution is 5.94. The van der Waals surface area contributed by atoms with Crippen molar-refractivity contribution in [3.63, 3.8) is 0 Å². The van der Waals surface area contributed by atoms with Gasteiger partial charge in [-0.15, -0.1) is 0 Å². The predicted octanol–water partition coefficient (Wildman–Crippen LogP) is 1.63. The molecule has 21 heavy (non-hydrogen) atoms. The summed E-state index contributed by atoms with van der Waals surface area (Å²) in [5.41, 5.74) is 3.39. The molecule has 6 nitrogen and oxygen atoms in total. The van der Waals surface area contributed by atoms with Crippen LogP contribution in [0.4, 0.5) is 5.69 Å². The van der Waals surface area contributed by atoms with E-state index in [1.54, 1.807) is 12.1 Å². The minimum Gasteiger partial charge on any atom is -0.395 e. The van der Waals surface area contributed by atoms with Gasteiger partial charge in [0.2, 0.25) is 0 Å². The van der Waals surface area contributed by atoms with Gasteiger partial charge in [0.15, 0.2) is 0 Å². The minimum atomic E-state index is -0.193. The molecule has 0 bridgehead atoms. The number of hydrogen-bond acceptors (Lipinski definition) is 5. The summed E-state index contributed by atoms with van der Waals surface area (Å²) in [7, 11) is 0. The molecule has 0 aliphatic heterocycles. The average Bonchev–Trinajstić information content (AvgIpc) is 2.82. The maximum atomic E-state index is 11.7. The van der Waals surface area contributed by atoms with Crippen LogP contribution in [0.25, 0.3) is 0 Å². The second-order valence-corrected chi connectivity index (χ2v) is 4.71. The number of amides is 1. The van der Waals surface area contributed by atoms with Gasteiger partial charge in [-0.2, -0.15) is 0 Å². The van der Waals surface area contributed by atoms with Crippen LogP contribution in [0.5, 0.6) is 0 Å². The Morgan fingerprint density at radius 3 is 2.57 bits per heavy atom. The lowest BCUT2D eigenvalue weighted by molar-refractivity contribution is 0.0945. The van der Waals surface area contributed by atoms with E-state index >= 15 is 0 Å². The van der Waals surface area contributed by atoms with Crippen LogP contribution in [0.3, 0.4) is 0 Å². The van der Waals surface area contributed by atoms with Gasteiger partial charge in [0.25, 0.3) is 5.91 Å². The number of aliphatic hydroxyl groups is 1. The fraction of sp³-hybridized carbons (Fsp3) is 0.333. The van der Waals surface area contributed by atoms with Gasteiger partial charge < -0.3 is 20.3 Å². The Bertz CT molecular complexity index is 586. The van der Waals surface area contributed by atoms with Gasteiger partial charge in [-0.3, -0.25) is 4.79 Å². The predicted molar refractivity (Wildman–Crippen MR) is 79.2 cm³/mol. The van der Waals surface area contributed by atoms with Gasteiger partial charge >= 0.3 is 0 Å². The van der Waals surface area contributed by atoms with Gasteiger partial charge in [-0.25, -0.2) is 0 Å². The van der Waals surface area contributed by atoms with E-state index in [1.807, 2.05) is 26.0 Å². The SMILES string of the molecule is Cc1noc(C)c1CNc1ccc(C(=O)NCCO)cc1. The molecule has 0 fully saturated rings. The Hall–Kier alpha value is -2.34. The fourth-order valence-corrected chi connectivity index (χ4v) is 1.96. The van der Waals surface area contributed by atoms with E-state index in [0.29, 0.717) is 12.1 Å². The Morgan fingerprint density at radius 1 is 1.29 bits per heavy atom. The zero-order chi connectivity index (χ0) is 15.2. The Kier molecular flexibility index (Phi) is 4.94. The fourth-order valence-electron chi connectivity index (χ4n) is 1.96. The normalized spacial score (nSPS) is 10.4. The molecule has 0 atom stereocenters. The molecule has 2 rings (SSSR count). The van der Waals surface area contributed by atoms with Crippen LogP contribution in [0, 0.1) is 13.8 Å². The number of aryl methyl sites for hydroxylation is 2. The van der Waals surface area contributed by atoms with E-state index in [-0.39, 0.29) is 19.1 Å². The zero-order valence-electron chi connectivity index (χ0n) is 12.1. The molecule has 1 aromatic carbocycles. The molecule has 1 aromatic heterocycles. The molecule has 0 saturated heterocycles. The third kappa shape index (κ3) is 3.82. The van der Waals surface area contributed by atoms with E-state index in [1.165, 1.54) is 0 Å². The first-order valence-electron chi connectivity index (χ1n) is 6.76. The lowest BCUT2D eigenvalue weighted by Crippen LogP contribution is -2.26. The number of aromatic nitrogens is 1.